The molecule has 0 radical (unpaired) electrons. The zero-order valence-corrected chi connectivity index (χ0v) is 13.2. The number of rotatable bonds is 1. The van der Waals surface area contributed by atoms with Gasteiger partial charge in [-0.3, -0.25) is 0 Å². The third kappa shape index (κ3) is 2.33. The standard InChI is InChI=1S/C20H14.H3P/c1-3-11-17-15(7-1)9-5-13-19(17)20-14-6-10-16-8-2-4-12-18(16)20;/h1-14H;1H3. The Balaban J connectivity index is 0.00000132. The van der Waals surface area contributed by atoms with E-state index in [1.807, 2.05) is 0 Å². The third-order valence-corrected chi connectivity index (χ3v) is 3.87. The van der Waals surface area contributed by atoms with Gasteiger partial charge in [-0.25, -0.2) is 0 Å². The summed E-state index contributed by atoms with van der Waals surface area (Å²) in [7, 11) is 0. The summed E-state index contributed by atoms with van der Waals surface area (Å²) in [5.74, 6) is 0. The van der Waals surface area contributed by atoms with Crippen LogP contribution in [0.1, 0.15) is 0 Å². The molecule has 0 heterocycles. The highest BCUT2D eigenvalue weighted by molar-refractivity contribution is 6.92. The number of hydrogen-bond acceptors (Lipinski definition) is 0. The molecule has 0 bridgehead atoms. The average molecular weight is 288 g/mol. The van der Waals surface area contributed by atoms with E-state index in [0.717, 1.165) is 0 Å². The third-order valence-electron chi connectivity index (χ3n) is 3.87. The van der Waals surface area contributed by atoms with E-state index in [1.54, 1.807) is 0 Å². The van der Waals surface area contributed by atoms with Crippen molar-refractivity contribution in [1.82, 2.24) is 0 Å². The maximum absolute atomic E-state index is 2.21. The maximum Gasteiger partial charge on any atom is -0.00992 e. The zero-order valence-electron chi connectivity index (χ0n) is 11.8. The van der Waals surface area contributed by atoms with Gasteiger partial charge in [-0.2, -0.15) is 9.90 Å². The van der Waals surface area contributed by atoms with Crippen LogP contribution in [0.5, 0.6) is 0 Å². The highest BCUT2D eigenvalue weighted by Gasteiger charge is 2.06. The monoisotopic (exact) mass is 288 g/mol. The lowest BCUT2D eigenvalue weighted by atomic mass is 9.94. The normalized spacial score (nSPS) is 10.5. The average Bonchev–Trinajstić information content (AvgIpc) is 2.54. The van der Waals surface area contributed by atoms with Crippen molar-refractivity contribution in [2.24, 2.45) is 0 Å². The summed E-state index contributed by atoms with van der Waals surface area (Å²) in [5.41, 5.74) is 2.61. The fraction of sp³-hybridized carbons (Fsp3) is 0. The van der Waals surface area contributed by atoms with Gasteiger partial charge in [0.1, 0.15) is 0 Å². The smallest absolute Gasteiger partial charge is 0.00992 e. The lowest BCUT2D eigenvalue weighted by Gasteiger charge is -2.10. The SMILES string of the molecule is P.c1ccc2c(-c3cccc4ccccc34)cccc2c1. The van der Waals surface area contributed by atoms with Gasteiger partial charge < -0.3 is 0 Å². The van der Waals surface area contributed by atoms with E-state index in [9.17, 15) is 0 Å². The van der Waals surface area contributed by atoms with E-state index in [-0.39, 0.29) is 9.90 Å². The van der Waals surface area contributed by atoms with Gasteiger partial charge in [0, 0.05) is 0 Å². The van der Waals surface area contributed by atoms with Gasteiger partial charge in [-0.15, -0.1) is 0 Å². The van der Waals surface area contributed by atoms with Crippen molar-refractivity contribution in [3.8, 4) is 11.1 Å². The largest absolute Gasteiger partial charge is 0.153 e. The topological polar surface area (TPSA) is 0 Å². The van der Waals surface area contributed by atoms with Crippen molar-refractivity contribution in [2.45, 2.75) is 0 Å². The number of fused-ring (bicyclic) bond motifs is 2. The second kappa shape index (κ2) is 5.68. The van der Waals surface area contributed by atoms with Crippen LogP contribution in [0.15, 0.2) is 84.9 Å². The van der Waals surface area contributed by atoms with Crippen LogP contribution in [0, 0.1) is 0 Å². The zero-order chi connectivity index (χ0) is 13.4. The van der Waals surface area contributed by atoms with Crippen molar-refractivity contribution in [3.05, 3.63) is 84.9 Å². The lowest BCUT2D eigenvalue weighted by Crippen LogP contribution is -1.83. The Morgan fingerprint density at radius 3 is 1.24 bits per heavy atom. The molecule has 1 heteroatoms. The predicted molar refractivity (Wildman–Crippen MR) is 98.0 cm³/mol. The predicted octanol–water partition coefficient (Wildman–Crippen LogP) is 5.72. The molecular formula is C20H17P. The molecule has 102 valence electrons. The van der Waals surface area contributed by atoms with Crippen LogP contribution >= 0.6 is 9.90 Å². The summed E-state index contributed by atoms with van der Waals surface area (Å²) in [5, 5.41) is 5.20. The lowest BCUT2D eigenvalue weighted by molar-refractivity contribution is 1.68. The first kappa shape index (κ1) is 13.8. The van der Waals surface area contributed by atoms with Crippen LogP contribution in [0.4, 0.5) is 0 Å². The van der Waals surface area contributed by atoms with Gasteiger partial charge in [0.15, 0.2) is 0 Å². The van der Waals surface area contributed by atoms with Gasteiger partial charge in [-0.1, -0.05) is 84.9 Å². The summed E-state index contributed by atoms with van der Waals surface area (Å²) >= 11 is 0. The van der Waals surface area contributed by atoms with Crippen LogP contribution in [0.2, 0.25) is 0 Å². The van der Waals surface area contributed by atoms with E-state index < -0.39 is 0 Å². The molecule has 4 rings (SSSR count). The van der Waals surface area contributed by atoms with E-state index in [0.29, 0.717) is 0 Å². The molecule has 0 aliphatic heterocycles. The second-order valence-electron chi connectivity index (χ2n) is 5.05. The van der Waals surface area contributed by atoms with Gasteiger partial charge in [0.25, 0.3) is 0 Å². The first-order chi connectivity index (χ1) is 9.93. The second-order valence-corrected chi connectivity index (χ2v) is 5.05. The number of benzene rings is 4. The van der Waals surface area contributed by atoms with Crippen LogP contribution in [-0.4, -0.2) is 0 Å². The van der Waals surface area contributed by atoms with Crippen LogP contribution in [-0.2, 0) is 0 Å². The highest BCUT2D eigenvalue weighted by Crippen LogP contribution is 2.33. The molecule has 0 N–H and O–H groups in total. The molecule has 4 aromatic rings. The van der Waals surface area contributed by atoms with Gasteiger partial charge in [0.05, 0.1) is 0 Å². The minimum absolute atomic E-state index is 0. The van der Waals surface area contributed by atoms with E-state index in [1.165, 1.54) is 32.7 Å². The molecule has 4 aromatic carbocycles. The summed E-state index contributed by atoms with van der Waals surface area (Å²) < 4.78 is 0. The Morgan fingerprint density at radius 1 is 0.381 bits per heavy atom. The van der Waals surface area contributed by atoms with Crippen LogP contribution < -0.4 is 0 Å². The molecule has 0 aliphatic rings. The Bertz CT molecular complexity index is 821. The van der Waals surface area contributed by atoms with E-state index >= 15 is 0 Å². The molecule has 0 nitrogen and oxygen atoms in total. The first-order valence-electron chi connectivity index (χ1n) is 6.89. The van der Waals surface area contributed by atoms with Crippen LogP contribution in [0.25, 0.3) is 32.7 Å². The van der Waals surface area contributed by atoms with Gasteiger partial charge >= 0.3 is 0 Å². The summed E-state index contributed by atoms with van der Waals surface area (Å²) in [6, 6.07) is 30.2. The Kier molecular flexibility index (Phi) is 3.73. The fourth-order valence-electron chi connectivity index (χ4n) is 2.92. The summed E-state index contributed by atoms with van der Waals surface area (Å²) in [6.07, 6.45) is 0. The molecule has 1 atom stereocenters. The molecular weight excluding hydrogens is 271 g/mol. The Hall–Kier alpha value is -2.17. The fourth-order valence-corrected chi connectivity index (χ4v) is 2.92. The molecule has 0 amide bonds. The minimum Gasteiger partial charge on any atom is -0.153 e. The molecule has 0 aliphatic carbocycles. The molecule has 0 fully saturated rings. The molecule has 21 heavy (non-hydrogen) atoms. The molecule has 0 saturated heterocycles. The summed E-state index contributed by atoms with van der Waals surface area (Å²) in [4.78, 5) is 0. The molecule has 0 spiro atoms. The first-order valence-corrected chi connectivity index (χ1v) is 6.89. The maximum atomic E-state index is 2.21. The van der Waals surface area contributed by atoms with Crippen molar-refractivity contribution in [2.75, 3.05) is 0 Å². The Morgan fingerprint density at radius 2 is 0.762 bits per heavy atom. The molecule has 0 saturated carbocycles. The van der Waals surface area contributed by atoms with Crippen molar-refractivity contribution in [3.63, 3.8) is 0 Å². The van der Waals surface area contributed by atoms with Gasteiger partial charge in [0.2, 0.25) is 0 Å². The molecule has 0 aromatic heterocycles. The highest BCUT2D eigenvalue weighted by atomic mass is 31.0. The Labute approximate surface area is 128 Å². The summed E-state index contributed by atoms with van der Waals surface area (Å²) in [6.45, 7) is 0. The molecule has 1 unspecified atom stereocenters. The van der Waals surface area contributed by atoms with E-state index in [4.69, 9.17) is 0 Å². The van der Waals surface area contributed by atoms with Crippen LogP contribution in [0.3, 0.4) is 0 Å². The van der Waals surface area contributed by atoms with Crippen molar-refractivity contribution in [1.29, 1.82) is 0 Å². The minimum atomic E-state index is 0. The number of hydrogen-bond donors (Lipinski definition) is 0. The van der Waals surface area contributed by atoms with Crippen molar-refractivity contribution >= 4 is 31.4 Å². The van der Waals surface area contributed by atoms with Gasteiger partial charge in [-0.05, 0) is 32.7 Å². The van der Waals surface area contributed by atoms with Crippen molar-refractivity contribution < 1.29 is 0 Å². The van der Waals surface area contributed by atoms with E-state index in [2.05, 4.69) is 84.9 Å². The quantitative estimate of drug-likeness (QED) is 0.393.